The molecule has 1 saturated heterocycles. The van der Waals surface area contributed by atoms with Crippen LogP contribution in [0.25, 0.3) is 0 Å². The lowest BCUT2D eigenvalue weighted by atomic mass is 9.80. The highest BCUT2D eigenvalue weighted by Gasteiger charge is 2.45. The number of benzene rings is 3. The van der Waals surface area contributed by atoms with Gasteiger partial charge >= 0.3 is 0 Å². The van der Waals surface area contributed by atoms with Crippen LogP contribution in [0, 0.1) is 11.3 Å². The Bertz CT molecular complexity index is 1310. The molecule has 0 radical (unpaired) electrons. The van der Waals surface area contributed by atoms with E-state index in [1.807, 2.05) is 66.7 Å². The van der Waals surface area contributed by atoms with Crippen LogP contribution in [-0.4, -0.2) is 76.2 Å². The van der Waals surface area contributed by atoms with Gasteiger partial charge < -0.3 is 32.7 Å². The predicted molar refractivity (Wildman–Crippen MR) is 179 cm³/mol. The summed E-state index contributed by atoms with van der Waals surface area (Å²) in [5.74, 6) is 1.50. The van der Waals surface area contributed by atoms with Crippen LogP contribution in [0.2, 0.25) is 0 Å². The Morgan fingerprint density at radius 2 is 1.39 bits per heavy atom. The Hall–Kier alpha value is -3.06. The fraction of sp³-hybridized carbons (Fsp3) is 0.472. The van der Waals surface area contributed by atoms with E-state index in [0.29, 0.717) is 6.61 Å². The molecule has 0 amide bonds. The van der Waals surface area contributed by atoms with Gasteiger partial charge in [0.25, 0.3) is 8.53 Å². The molecule has 1 unspecified atom stereocenters. The highest BCUT2D eigenvalue weighted by molar-refractivity contribution is 7.44. The Kier molecular flexibility index (Phi) is 13.4. The van der Waals surface area contributed by atoms with E-state index in [9.17, 15) is 5.26 Å². The molecular formula is C36H47N2O7P. The third kappa shape index (κ3) is 8.26. The average Bonchev–Trinajstić information content (AvgIpc) is 3.46. The molecule has 46 heavy (non-hydrogen) atoms. The van der Waals surface area contributed by atoms with Gasteiger partial charge in [-0.15, -0.1) is 0 Å². The molecule has 0 bridgehead atoms. The van der Waals surface area contributed by atoms with Crippen LogP contribution >= 0.6 is 8.53 Å². The van der Waals surface area contributed by atoms with Gasteiger partial charge in [-0.2, -0.15) is 5.26 Å². The first-order valence-electron chi connectivity index (χ1n) is 15.7. The van der Waals surface area contributed by atoms with Crippen LogP contribution in [0.15, 0.2) is 78.9 Å². The lowest BCUT2D eigenvalue weighted by molar-refractivity contribution is -0.0704. The lowest BCUT2D eigenvalue weighted by Gasteiger charge is -2.39. The molecule has 248 valence electrons. The lowest BCUT2D eigenvalue weighted by Crippen LogP contribution is -2.42. The standard InChI is InChI=1S/C36H47N2O7P/c1-26(2)38(27(3)4)46(44-23-11-22-37)45-35-33(41-7)24-42-34(35)25-43-36(28-12-9-8-10-13-28,29-14-18-31(39-5)19-15-29)30-16-20-32(40-6)21-17-30/h8-10,12-21,26-27,33-35H,11,23-25H2,1-7H3/t33-,34+,35-,46?/m0/s1. The second-order valence-corrected chi connectivity index (χ2v) is 13.0. The number of rotatable bonds is 17. The van der Waals surface area contributed by atoms with Gasteiger partial charge in [-0.1, -0.05) is 54.6 Å². The van der Waals surface area contributed by atoms with Crippen molar-refractivity contribution in [3.05, 3.63) is 95.6 Å². The van der Waals surface area contributed by atoms with Gasteiger partial charge in [-0.05, 0) is 68.7 Å². The molecule has 1 aliphatic rings. The van der Waals surface area contributed by atoms with E-state index in [4.69, 9.17) is 32.7 Å². The molecular weight excluding hydrogens is 603 g/mol. The number of ether oxygens (including phenoxy) is 5. The van der Waals surface area contributed by atoms with E-state index < -0.39 is 26.3 Å². The third-order valence-electron chi connectivity index (χ3n) is 8.02. The molecule has 0 saturated carbocycles. The van der Waals surface area contributed by atoms with Crippen LogP contribution in [-0.2, 0) is 28.9 Å². The molecule has 0 spiro atoms. The molecule has 0 aromatic heterocycles. The molecule has 1 heterocycles. The molecule has 3 aromatic rings. The SMILES string of the molecule is COc1ccc(C(OC[C@H]2OC[C@H](OC)[C@@H]2OP(OCCC#N)N(C(C)C)C(C)C)(c2ccccc2)c2ccc(OC)cc2)cc1. The maximum absolute atomic E-state index is 9.18. The number of hydrogen-bond donors (Lipinski definition) is 0. The summed E-state index contributed by atoms with van der Waals surface area (Å²) in [6.07, 6.45) is -0.988. The van der Waals surface area contributed by atoms with Crippen molar-refractivity contribution in [2.75, 3.05) is 41.2 Å². The highest BCUT2D eigenvalue weighted by atomic mass is 31.2. The smallest absolute Gasteiger partial charge is 0.259 e. The van der Waals surface area contributed by atoms with E-state index in [1.54, 1.807) is 21.3 Å². The fourth-order valence-electron chi connectivity index (χ4n) is 5.81. The van der Waals surface area contributed by atoms with Crippen LogP contribution in [0.4, 0.5) is 0 Å². The molecule has 3 aromatic carbocycles. The Balaban J connectivity index is 1.74. The first-order chi connectivity index (χ1) is 22.3. The normalized spacial score (nSPS) is 19.0. The fourth-order valence-corrected chi connectivity index (χ4v) is 7.59. The molecule has 0 N–H and O–H groups in total. The molecule has 10 heteroatoms. The summed E-state index contributed by atoms with van der Waals surface area (Å²) in [6.45, 7) is 9.28. The highest BCUT2D eigenvalue weighted by Crippen LogP contribution is 2.49. The Morgan fingerprint density at radius 1 is 0.848 bits per heavy atom. The molecule has 4 atom stereocenters. The molecule has 1 aliphatic heterocycles. The predicted octanol–water partition coefficient (Wildman–Crippen LogP) is 7.09. The summed E-state index contributed by atoms with van der Waals surface area (Å²) in [7, 11) is 3.45. The van der Waals surface area contributed by atoms with Gasteiger partial charge in [0.05, 0.1) is 46.5 Å². The number of nitriles is 1. The van der Waals surface area contributed by atoms with Gasteiger partial charge in [0.2, 0.25) is 0 Å². The van der Waals surface area contributed by atoms with Crippen molar-refractivity contribution in [3.8, 4) is 17.6 Å². The minimum atomic E-state index is -1.53. The summed E-state index contributed by atoms with van der Waals surface area (Å²) < 4.78 is 45.6. The molecule has 4 rings (SSSR count). The molecule has 0 aliphatic carbocycles. The van der Waals surface area contributed by atoms with E-state index in [-0.39, 0.29) is 37.8 Å². The largest absolute Gasteiger partial charge is 0.497 e. The van der Waals surface area contributed by atoms with Gasteiger partial charge in [0, 0.05) is 19.2 Å². The summed E-state index contributed by atoms with van der Waals surface area (Å²) in [4.78, 5) is 0. The summed E-state index contributed by atoms with van der Waals surface area (Å²) in [5, 5.41) is 9.18. The maximum Gasteiger partial charge on any atom is 0.259 e. The van der Waals surface area contributed by atoms with Crippen LogP contribution in [0.1, 0.15) is 50.8 Å². The zero-order valence-electron chi connectivity index (χ0n) is 27.9. The minimum absolute atomic E-state index is 0.155. The van der Waals surface area contributed by atoms with Crippen LogP contribution in [0.3, 0.4) is 0 Å². The zero-order valence-corrected chi connectivity index (χ0v) is 28.8. The number of nitrogens with zero attached hydrogens (tertiary/aromatic N) is 2. The van der Waals surface area contributed by atoms with Gasteiger partial charge in [0.1, 0.15) is 35.4 Å². The van der Waals surface area contributed by atoms with Crippen molar-refractivity contribution in [1.82, 2.24) is 4.67 Å². The van der Waals surface area contributed by atoms with Gasteiger partial charge in [-0.25, -0.2) is 4.67 Å². The quantitative estimate of drug-likeness (QED) is 0.0863. The Labute approximate surface area is 275 Å². The monoisotopic (exact) mass is 650 g/mol. The second-order valence-electron chi connectivity index (χ2n) is 11.6. The number of hydrogen-bond acceptors (Lipinski definition) is 9. The summed E-state index contributed by atoms with van der Waals surface area (Å²) >= 11 is 0. The van der Waals surface area contributed by atoms with E-state index in [0.717, 1.165) is 28.2 Å². The summed E-state index contributed by atoms with van der Waals surface area (Å²) in [5.41, 5.74) is 1.80. The van der Waals surface area contributed by atoms with E-state index in [1.165, 1.54) is 0 Å². The number of methoxy groups -OCH3 is 3. The first-order valence-corrected chi connectivity index (χ1v) is 16.8. The minimum Gasteiger partial charge on any atom is -0.497 e. The van der Waals surface area contributed by atoms with Gasteiger partial charge in [0.15, 0.2) is 0 Å². The van der Waals surface area contributed by atoms with Crippen molar-refractivity contribution in [1.29, 1.82) is 5.26 Å². The third-order valence-corrected chi connectivity index (χ3v) is 10.2. The zero-order chi connectivity index (χ0) is 33.1. The van der Waals surface area contributed by atoms with E-state index in [2.05, 4.69) is 50.6 Å². The van der Waals surface area contributed by atoms with Crippen molar-refractivity contribution in [2.24, 2.45) is 0 Å². The van der Waals surface area contributed by atoms with Gasteiger partial charge in [-0.3, -0.25) is 0 Å². The van der Waals surface area contributed by atoms with Crippen LogP contribution < -0.4 is 9.47 Å². The van der Waals surface area contributed by atoms with Crippen LogP contribution in [0.5, 0.6) is 11.5 Å². The van der Waals surface area contributed by atoms with Crippen molar-refractivity contribution in [3.63, 3.8) is 0 Å². The maximum atomic E-state index is 9.18. The van der Waals surface area contributed by atoms with Crippen molar-refractivity contribution in [2.45, 2.75) is 70.1 Å². The van der Waals surface area contributed by atoms with Crippen molar-refractivity contribution >= 4 is 8.53 Å². The first kappa shape index (κ1) is 35.8. The van der Waals surface area contributed by atoms with E-state index >= 15 is 0 Å². The second kappa shape index (κ2) is 17.2. The topological polar surface area (TPSA) is 91.6 Å². The van der Waals surface area contributed by atoms with Crippen molar-refractivity contribution < 1.29 is 32.7 Å². The Morgan fingerprint density at radius 3 is 1.87 bits per heavy atom. The molecule has 1 fully saturated rings. The summed E-state index contributed by atoms with van der Waals surface area (Å²) in [6, 6.07) is 28.5. The molecule has 9 nitrogen and oxygen atoms in total. The average molecular weight is 651 g/mol.